The lowest BCUT2D eigenvalue weighted by atomic mass is 10.1. The molecule has 0 aromatic carbocycles. The van der Waals surface area contributed by atoms with Gasteiger partial charge in [0.2, 0.25) is 5.88 Å². The zero-order valence-corrected chi connectivity index (χ0v) is 15.1. The van der Waals surface area contributed by atoms with Gasteiger partial charge in [0.05, 0.1) is 22.7 Å². The van der Waals surface area contributed by atoms with E-state index in [1.54, 1.807) is 0 Å². The molecule has 2 rings (SSSR count). The molecule has 1 radical (unpaired) electrons. The second-order valence-corrected chi connectivity index (χ2v) is 7.65. The minimum absolute atomic E-state index is 0.275. The van der Waals surface area contributed by atoms with E-state index in [9.17, 15) is 19.8 Å². The van der Waals surface area contributed by atoms with Crippen molar-refractivity contribution in [1.29, 1.82) is 0 Å². The molecule has 0 bridgehead atoms. The summed E-state index contributed by atoms with van der Waals surface area (Å²) in [4.78, 5) is 22.8. The molecular formula is C18H22NO6. The Labute approximate surface area is 145 Å². The van der Waals surface area contributed by atoms with Gasteiger partial charge in [0.1, 0.15) is 11.2 Å². The molecule has 0 atom stereocenters. The smallest absolute Gasteiger partial charge is 0.338 e. The maximum Gasteiger partial charge on any atom is 0.338 e. The predicted octanol–water partition coefficient (Wildman–Crippen LogP) is 3.49. The largest absolute Gasteiger partial charge is 0.482 e. The first kappa shape index (κ1) is 18.6. The molecular weight excluding hydrogens is 326 g/mol. The second kappa shape index (κ2) is 5.98. The van der Waals surface area contributed by atoms with Gasteiger partial charge in [0, 0.05) is 6.20 Å². The number of fused-ring (bicyclic) bond motifs is 1. The van der Waals surface area contributed by atoms with Crippen LogP contribution in [0.1, 0.15) is 62.3 Å². The summed E-state index contributed by atoms with van der Waals surface area (Å²) in [5.74, 6) is -2.10. The second-order valence-electron chi connectivity index (χ2n) is 7.65. The fraction of sp³-hybridized carbons (Fsp3) is 0.444. The molecule has 25 heavy (non-hydrogen) atoms. The van der Waals surface area contributed by atoms with Crippen molar-refractivity contribution >= 4 is 17.5 Å². The molecule has 135 valence electrons. The summed E-state index contributed by atoms with van der Waals surface area (Å²) in [7, 11) is 0. The summed E-state index contributed by atoms with van der Waals surface area (Å²) in [6.45, 7) is 11.1. The van der Waals surface area contributed by atoms with E-state index in [0.717, 1.165) is 0 Å². The van der Waals surface area contributed by atoms with E-state index < -0.39 is 23.1 Å². The summed E-state index contributed by atoms with van der Waals surface area (Å²) in [6.07, 6.45) is 1.22. The zero-order valence-electron chi connectivity index (χ0n) is 15.1. The monoisotopic (exact) mass is 348 g/mol. The number of pyridine rings is 1. The Kier molecular flexibility index (Phi) is 4.46. The molecule has 0 fully saturated rings. The predicted molar refractivity (Wildman–Crippen MR) is 90.9 cm³/mol. The highest BCUT2D eigenvalue weighted by Gasteiger charge is 2.26. The fourth-order valence-corrected chi connectivity index (χ4v) is 2.20. The molecule has 2 aromatic rings. The topological polar surface area (TPSA) is 97.5 Å². The molecule has 0 amide bonds. The Bertz CT molecular complexity index is 836. The van der Waals surface area contributed by atoms with Crippen LogP contribution in [0, 0.1) is 6.07 Å². The minimum atomic E-state index is -1.34. The number of rotatable bonds is 4. The third kappa shape index (κ3) is 4.23. The lowest BCUT2D eigenvalue weighted by molar-refractivity contribution is 0.0650. The quantitative estimate of drug-likeness (QED) is 0.878. The summed E-state index contributed by atoms with van der Waals surface area (Å²) >= 11 is 0. The molecule has 2 N–H and O–H groups in total. The first-order chi connectivity index (χ1) is 11.3. The van der Waals surface area contributed by atoms with Crippen molar-refractivity contribution in [1.82, 2.24) is 4.40 Å². The van der Waals surface area contributed by atoms with E-state index in [4.69, 9.17) is 9.47 Å². The number of carboxylic acid groups (broad SMARTS) is 2. The molecule has 7 heteroatoms. The number of aromatic nitrogens is 1. The van der Waals surface area contributed by atoms with E-state index >= 15 is 0 Å². The fourth-order valence-electron chi connectivity index (χ4n) is 2.20. The van der Waals surface area contributed by atoms with E-state index in [0.29, 0.717) is 11.3 Å². The molecule has 0 saturated heterocycles. The number of ether oxygens (including phenoxy) is 2. The first-order valence-corrected chi connectivity index (χ1v) is 7.74. The molecule has 0 aliphatic heterocycles. The lowest BCUT2D eigenvalue weighted by Gasteiger charge is -2.25. The van der Waals surface area contributed by atoms with Crippen LogP contribution >= 0.6 is 0 Å². The van der Waals surface area contributed by atoms with E-state index in [2.05, 4.69) is 6.07 Å². The Morgan fingerprint density at radius 2 is 1.48 bits per heavy atom. The zero-order chi connectivity index (χ0) is 19.2. The Hall–Kier alpha value is -2.70. The lowest BCUT2D eigenvalue weighted by Crippen LogP contribution is -2.26. The van der Waals surface area contributed by atoms with Gasteiger partial charge >= 0.3 is 11.9 Å². The van der Waals surface area contributed by atoms with Gasteiger partial charge in [-0.15, -0.1) is 0 Å². The minimum Gasteiger partial charge on any atom is -0.482 e. The highest BCUT2D eigenvalue weighted by molar-refractivity contribution is 6.02. The van der Waals surface area contributed by atoms with Gasteiger partial charge in [-0.05, 0) is 47.6 Å². The van der Waals surface area contributed by atoms with Gasteiger partial charge in [-0.25, -0.2) is 9.59 Å². The van der Waals surface area contributed by atoms with Crippen LogP contribution in [0.5, 0.6) is 11.6 Å². The van der Waals surface area contributed by atoms with Crippen molar-refractivity contribution in [3.05, 3.63) is 29.5 Å². The average molecular weight is 348 g/mol. The number of aromatic carboxylic acids is 2. The van der Waals surface area contributed by atoms with Crippen LogP contribution in [0.2, 0.25) is 0 Å². The van der Waals surface area contributed by atoms with Crippen molar-refractivity contribution in [2.75, 3.05) is 0 Å². The van der Waals surface area contributed by atoms with Crippen LogP contribution in [0.25, 0.3) is 5.52 Å². The van der Waals surface area contributed by atoms with Gasteiger partial charge in [0.25, 0.3) is 0 Å². The van der Waals surface area contributed by atoms with Gasteiger partial charge in [-0.2, -0.15) is 0 Å². The third-order valence-electron chi connectivity index (χ3n) is 3.02. The molecule has 7 nitrogen and oxygen atoms in total. The van der Waals surface area contributed by atoms with Crippen molar-refractivity contribution in [3.63, 3.8) is 0 Å². The van der Waals surface area contributed by atoms with Crippen LogP contribution < -0.4 is 9.47 Å². The maximum atomic E-state index is 11.4. The molecule has 2 aromatic heterocycles. The van der Waals surface area contributed by atoms with Crippen molar-refractivity contribution < 1.29 is 29.3 Å². The number of hydrogen-bond acceptors (Lipinski definition) is 4. The maximum absolute atomic E-state index is 11.4. The van der Waals surface area contributed by atoms with E-state index in [1.807, 2.05) is 41.5 Å². The molecule has 0 aliphatic rings. The summed E-state index contributed by atoms with van der Waals surface area (Å²) in [5, 5.41) is 18.6. The number of carboxylic acids is 2. The highest BCUT2D eigenvalue weighted by atomic mass is 16.5. The summed E-state index contributed by atoms with van der Waals surface area (Å²) in [5.41, 5.74) is -1.43. The third-order valence-corrected chi connectivity index (χ3v) is 3.02. The average Bonchev–Trinajstić information content (AvgIpc) is 2.70. The molecule has 2 heterocycles. The van der Waals surface area contributed by atoms with Crippen LogP contribution in [0.4, 0.5) is 0 Å². The van der Waals surface area contributed by atoms with Gasteiger partial charge in [0.15, 0.2) is 5.75 Å². The number of nitrogens with zero attached hydrogens (tertiary/aromatic N) is 1. The molecule has 0 unspecified atom stereocenters. The van der Waals surface area contributed by atoms with Gasteiger partial charge < -0.3 is 19.7 Å². The SMILES string of the molecule is CC(C)(C)Oc1[c]c2cc(C(=O)O)c(C(=O)O)cn2c1OC(C)(C)C. The molecule has 0 aliphatic carbocycles. The summed E-state index contributed by atoms with van der Waals surface area (Å²) < 4.78 is 13.2. The van der Waals surface area contributed by atoms with E-state index in [1.165, 1.54) is 16.7 Å². The van der Waals surface area contributed by atoms with Crippen molar-refractivity contribution in [2.45, 2.75) is 52.7 Å². The standard InChI is InChI=1S/C18H22NO6/c1-17(2,3)24-13-8-10-7-11(15(20)21)12(16(22)23)9-19(10)14(13)25-18(4,5)6/h7,9H,1-6H3,(H,20,21)(H,22,23). The van der Waals surface area contributed by atoms with Crippen molar-refractivity contribution in [3.8, 4) is 11.6 Å². The van der Waals surface area contributed by atoms with E-state index in [-0.39, 0.29) is 17.0 Å². The first-order valence-electron chi connectivity index (χ1n) is 7.74. The highest BCUT2D eigenvalue weighted by Crippen LogP contribution is 2.36. The molecule has 0 saturated carbocycles. The van der Waals surface area contributed by atoms with Crippen LogP contribution in [-0.4, -0.2) is 37.8 Å². The Morgan fingerprint density at radius 3 is 1.92 bits per heavy atom. The summed E-state index contributed by atoms with van der Waals surface area (Å²) in [6, 6.07) is 4.21. The Morgan fingerprint density at radius 1 is 0.960 bits per heavy atom. The van der Waals surface area contributed by atoms with Crippen LogP contribution in [0.3, 0.4) is 0 Å². The number of carbonyl (C=O) groups is 2. The van der Waals surface area contributed by atoms with Crippen molar-refractivity contribution in [2.24, 2.45) is 0 Å². The normalized spacial score (nSPS) is 12.2. The van der Waals surface area contributed by atoms with Crippen LogP contribution in [0.15, 0.2) is 12.3 Å². The van der Waals surface area contributed by atoms with Gasteiger partial charge in [-0.3, -0.25) is 4.40 Å². The number of hydrogen-bond donors (Lipinski definition) is 2. The van der Waals surface area contributed by atoms with Crippen LogP contribution in [-0.2, 0) is 0 Å². The Balaban J connectivity index is 2.78. The van der Waals surface area contributed by atoms with Gasteiger partial charge in [-0.1, -0.05) is 0 Å². The molecule has 0 spiro atoms.